The minimum Gasteiger partial charge on any atom is -0.491 e. The van der Waals surface area contributed by atoms with Gasteiger partial charge < -0.3 is 20.1 Å². The molecule has 3 rings (SSSR count). The van der Waals surface area contributed by atoms with Gasteiger partial charge in [0.05, 0.1) is 12.5 Å². The second kappa shape index (κ2) is 11.0. The molecule has 162 valence electrons. The van der Waals surface area contributed by atoms with E-state index < -0.39 is 0 Å². The van der Waals surface area contributed by atoms with Crippen LogP contribution in [0.15, 0.2) is 24.3 Å². The van der Waals surface area contributed by atoms with E-state index in [2.05, 4.69) is 17.9 Å². The Balaban J connectivity index is 1.53. The second-order valence-corrected chi connectivity index (χ2v) is 8.40. The molecule has 0 aromatic heterocycles. The zero-order valence-corrected chi connectivity index (χ0v) is 18.0. The minimum absolute atomic E-state index is 0.0133. The van der Waals surface area contributed by atoms with Crippen LogP contribution in [0.25, 0.3) is 0 Å². The van der Waals surface area contributed by atoms with Crippen molar-refractivity contribution in [3.8, 4) is 5.75 Å². The summed E-state index contributed by atoms with van der Waals surface area (Å²) >= 11 is 0. The standard InChI is InChI=1S/C23H37N3O3/c1-3-18-6-4-5-7-22(18)29-15-12-25(2)23(27)19-8-9-20(24)17-26(16-19)21-10-13-28-14-11-21/h4-7,19-21H,3,8-17,24H2,1-2H3/t19-,20+/m1/s1. The van der Waals surface area contributed by atoms with Gasteiger partial charge in [0, 0.05) is 45.4 Å². The molecule has 2 heterocycles. The van der Waals surface area contributed by atoms with E-state index in [1.165, 1.54) is 5.56 Å². The highest BCUT2D eigenvalue weighted by molar-refractivity contribution is 5.78. The summed E-state index contributed by atoms with van der Waals surface area (Å²) in [7, 11) is 1.89. The Bertz CT molecular complexity index is 648. The molecular weight excluding hydrogens is 366 g/mol. The zero-order chi connectivity index (χ0) is 20.6. The predicted octanol–water partition coefficient (Wildman–Crippen LogP) is 2.30. The van der Waals surface area contributed by atoms with E-state index in [1.54, 1.807) is 0 Å². The van der Waals surface area contributed by atoms with Gasteiger partial charge in [-0.15, -0.1) is 0 Å². The van der Waals surface area contributed by atoms with Gasteiger partial charge in [-0.3, -0.25) is 9.69 Å². The Morgan fingerprint density at radius 2 is 1.97 bits per heavy atom. The van der Waals surface area contributed by atoms with Gasteiger partial charge in [0.15, 0.2) is 0 Å². The molecule has 0 spiro atoms. The monoisotopic (exact) mass is 403 g/mol. The lowest BCUT2D eigenvalue weighted by atomic mass is 10.00. The van der Waals surface area contributed by atoms with Gasteiger partial charge in [0.25, 0.3) is 0 Å². The van der Waals surface area contributed by atoms with Crippen molar-refractivity contribution in [3.63, 3.8) is 0 Å². The maximum absolute atomic E-state index is 13.1. The zero-order valence-electron chi connectivity index (χ0n) is 18.0. The fraction of sp³-hybridized carbons (Fsp3) is 0.696. The molecule has 2 atom stereocenters. The predicted molar refractivity (Wildman–Crippen MR) is 115 cm³/mol. The van der Waals surface area contributed by atoms with Crippen molar-refractivity contribution in [3.05, 3.63) is 29.8 Å². The Morgan fingerprint density at radius 1 is 1.21 bits per heavy atom. The normalized spacial score (nSPS) is 24.1. The van der Waals surface area contributed by atoms with E-state index >= 15 is 0 Å². The number of ether oxygens (including phenoxy) is 2. The molecule has 0 aliphatic carbocycles. The summed E-state index contributed by atoms with van der Waals surface area (Å²) in [5.74, 6) is 1.14. The van der Waals surface area contributed by atoms with Gasteiger partial charge in [-0.05, 0) is 43.7 Å². The van der Waals surface area contributed by atoms with Crippen molar-refractivity contribution < 1.29 is 14.3 Å². The highest BCUT2D eigenvalue weighted by Crippen LogP contribution is 2.24. The number of amides is 1. The number of para-hydroxylation sites is 1. The van der Waals surface area contributed by atoms with Gasteiger partial charge >= 0.3 is 0 Å². The smallest absolute Gasteiger partial charge is 0.226 e. The molecule has 2 fully saturated rings. The highest BCUT2D eigenvalue weighted by atomic mass is 16.5. The van der Waals surface area contributed by atoms with Gasteiger partial charge in [0.1, 0.15) is 12.4 Å². The van der Waals surface area contributed by atoms with Gasteiger partial charge in [-0.1, -0.05) is 25.1 Å². The van der Waals surface area contributed by atoms with E-state index in [9.17, 15) is 4.79 Å². The van der Waals surface area contributed by atoms with Crippen molar-refractivity contribution in [2.24, 2.45) is 11.7 Å². The number of rotatable bonds is 7. The summed E-state index contributed by atoms with van der Waals surface area (Å²) in [4.78, 5) is 17.4. The fourth-order valence-electron chi connectivity index (χ4n) is 4.46. The average Bonchev–Trinajstić information content (AvgIpc) is 2.95. The Hall–Kier alpha value is -1.63. The number of carbonyl (C=O) groups is 1. The van der Waals surface area contributed by atoms with Crippen LogP contribution < -0.4 is 10.5 Å². The second-order valence-electron chi connectivity index (χ2n) is 8.40. The maximum atomic E-state index is 13.1. The van der Waals surface area contributed by atoms with Gasteiger partial charge in [-0.25, -0.2) is 0 Å². The number of hydrogen-bond donors (Lipinski definition) is 1. The lowest BCUT2D eigenvalue weighted by molar-refractivity contribution is -0.135. The van der Waals surface area contributed by atoms with Crippen LogP contribution >= 0.6 is 0 Å². The first-order valence-electron chi connectivity index (χ1n) is 11.1. The van der Waals surface area contributed by atoms with E-state index in [-0.39, 0.29) is 17.9 Å². The van der Waals surface area contributed by atoms with Crippen LogP contribution in [0.5, 0.6) is 5.75 Å². The lowest BCUT2D eigenvalue weighted by Gasteiger charge is -2.36. The molecule has 2 saturated heterocycles. The van der Waals surface area contributed by atoms with Gasteiger partial charge in [-0.2, -0.15) is 0 Å². The van der Waals surface area contributed by atoms with Crippen molar-refractivity contribution in [1.82, 2.24) is 9.80 Å². The number of carbonyl (C=O) groups excluding carboxylic acids is 1. The first-order chi connectivity index (χ1) is 14.1. The third-order valence-electron chi connectivity index (χ3n) is 6.28. The van der Waals surface area contributed by atoms with Crippen LogP contribution in [0, 0.1) is 5.92 Å². The number of aryl methyl sites for hydroxylation is 1. The topological polar surface area (TPSA) is 68.0 Å². The third kappa shape index (κ3) is 6.17. The van der Waals surface area contributed by atoms with E-state index in [4.69, 9.17) is 15.2 Å². The van der Waals surface area contributed by atoms with Crippen molar-refractivity contribution in [2.45, 2.75) is 51.1 Å². The highest BCUT2D eigenvalue weighted by Gasteiger charge is 2.32. The number of benzene rings is 1. The molecule has 0 radical (unpaired) electrons. The summed E-state index contributed by atoms with van der Waals surface area (Å²) in [6, 6.07) is 8.74. The summed E-state index contributed by atoms with van der Waals surface area (Å²) < 4.78 is 11.5. The summed E-state index contributed by atoms with van der Waals surface area (Å²) in [6.07, 6.45) is 4.78. The first kappa shape index (κ1) is 22.1. The van der Waals surface area contributed by atoms with Crippen molar-refractivity contribution in [1.29, 1.82) is 0 Å². The lowest BCUT2D eigenvalue weighted by Crippen LogP contribution is -2.47. The van der Waals surface area contributed by atoms with E-state index in [0.29, 0.717) is 19.2 Å². The molecule has 0 bridgehead atoms. The molecule has 1 aromatic rings. The third-order valence-corrected chi connectivity index (χ3v) is 6.28. The molecule has 0 unspecified atom stereocenters. The summed E-state index contributed by atoms with van der Waals surface area (Å²) in [6.45, 7) is 6.54. The minimum atomic E-state index is 0.0133. The van der Waals surface area contributed by atoms with Crippen LogP contribution in [-0.4, -0.2) is 74.3 Å². The average molecular weight is 404 g/mol. The SMILES string of the molecule is CCc1ccccc1OCCN(C)C(=O)[C@@H]1CC[C@H](N)CN(C2CCOCC2)C1. The molecule has 0 saturated carbocycles. The quantitative estimate of drug-likeness (QED) is 0.757. The molecule has 6 heteroatoms. The van der Waals surface area contributed by atoms with Crippen LogP contribution in [0.3, 0.4) is 0 Å². The first-order valence-corrected chi connectivity index (χ1v) is 11.1. The molecule has 2 N–H and O–H groups in total. The summed E-state index contributed by atoms with van der Waals surface area (Å²) in [5.41, 5.74) is 7.52. The number of likely N-dealkylation sites (N-methyl/N-ethyl adjacent to an activating group) is 1. The molecule has 2 aliphatic rings. The molecule has 1 aromatic carbocycles. The molecular formula is C23H37N3O3. The Kier molecular flexibility index (Phi) is 8.33. The van der Waals surface area contributed by atoms with Gasteiger partial charge in [0.2, 0.25) is 5.91 Å². The van der Waals surface area contributed by atoms with E-state index in [1.807, 2.05) is 30.1 Å². The van der Waals surface area contributed by atoms with Crippen LogP contribution in [0.2, 0.25) is 0 Å². The number of hydrogen-bond acceptors (Lipinski definition) is 5. The van der Waals surface area contributed by atoms with E-state index in [0.717, 1.165) is 64.2 Å². The molecule has 29 heavy (non-hydrogen) atoms. The Morgan fingerprint density at radius 3 is 2.72 bits per heavy atom. The van der Waals surface area contributed by atoms with Crippen LogP contribution in [0.4, 0.5) is 0 Å². The maximum Gasteiger partial charge on any atom is 0.226 e. The molecule has 2 aliphatic heterocycles. The molecule has 1 amide bonds. The molecule has 6 nitrogen and oxygen atoms in total. The largest absolute Gasteiger partial charge is 0.491 e. The summed E-state index contributed by atoms with van der Waals surface area (Å²) in [5, 5.41) is 0. The van der Waals surface area contributed by atoms with Crippen LogP contribution in [-0.2, 0) is 16.0 Å². The number of nitrogens with zero attached hydrogens (tertiary/aromatic N) is 2. The van der Waals surface area contributed by atoms with Crippen molar-refractivity contribution >= 4 is 5.91 Å². The number of nitrogens with two attached hydrogens (primary N) is 1. The fourth-order valence-corrected chi connectivity index (χ4v) is 4.46. The Labute approximate surface area is 175 Å². The van der Waals surface area contributed by atoms with Crippen LogP contribution in [0.1, 0.15) is 38.2 Å². The number of likely N-dealkylation sites (tertiary alicyclic amines) is 1. The van der Waals surface area contributed by atoms with Crippen molar-refractivity contribution in [2.75, 3.05) is 46.5 Å².